The molecule has 2 amide bonds. The summed E-state index contributed by atoms with van der Waals surface area (Å²) in [5, 5.41) is 5.35. The fraction of sp³-hybridized carbons (Fsp3) is 0.400. The lowest BCUT2D eigenvalue weighted by Crippen LogP contribution is -2.34. The van der Waals surface area contributed by atoms with E-state index in [1.165, 1.54) is 6.92 Å². The van der Waals surface area contributed by atoms with E-state index in [0.717, 1.165) is 6.42 Å². The van der Waals surface area contributed by atoms with Crippen LogP contribution in [0.3, 0.4) is 0 Å². The molecule has 0 aliphatic carbocycles. The van der Waals surface area contributed by atoms with Crippen LogP contribution in [-0.4, -0.2) is 23.6 Å². The zero-order valence-corrected chi connectivity index (χ0v) is 12.0. The number of Topliss-reactive ketones (excluding diaryl/α,β-unsaturated/α-hetero) is 1. The van der Waals surface area contributed by atoms with E-state index in [0.29, 0.717) is 11.3 Å². The number of amides is 2. The summed E-state index contributed by atoms with van der Waals surface area (Å²) in [7, 11) is 0. The van der Waals surface area contributed by atoms with Crippen LogP contribution in [0.25, 0.3) is 0 Å². The third kappa shape index (κ3) is 5.22. The molecule has 1 unspecified atom stereocenters. The van der Waals surface area contributed by atoms with E-state index in [-0.39, 0.29) is 30.1 Å². The van der Waals surface area contributed by atoms with Gasteiger partial charge in [0.15, 0.2) is 5.78 Å². The number of rotatable bonds is 6. The molecule has 1 atom stereocenters. The molecule has 108 valence electrons. The second-order valence-electron chi connectivity index (χ2n) is 4.74. The molecule has 0 radical (unpaired) electrons. The van der Waals surface area contributed by atoms with Crippen molar-refractivity contribution in [2.75, 3.05) is 5.32 Å². The molecule has 2 N–H and O–H groups in total. The molecule has 0 aliphatic heterocycles. The van der Waals surface area contributed by atoms with Crippen molar-refractivity contribution in [1.82, 2.24) is 5.32 Å². The Labute approximate surface area is 118 Å². The predicted octanol–water partition coefficient (Wildman–Crippen LogP) is 2.13. The number of carbonyl (C=O) groups excluding carboxylic acids is 3. The first-order chi connectivity index (χ1) is 9.42. The molecule has 0 heterocycles. The van der Waals surface area contributed by atoms with Gasteiger partial charge < -0.3 is 10.6 Å². The van der Waals surface area contributed by atoms with Gasteiger partial charge in [-0.15, -0.1) is 0 Å². The maximum Gasteiger partial charge on any atom is 0.233 e. The topological polar surface area (TPSA) is 75.3 Å². The van der Waals surface area contributed by atoms with Crippen molar-refractivity contribution in [3.8, 4) is 0 Å². The highest BCUT2D eigenvalue weighted by atomic mass is 16.2. The standard InChI is InChI=1S/C15H20N2O3/c1-4-10(2)16-14(19)9-15(20)17-13-7-5-12(6-8-13)11(3)18/h5-8,10H,4,9H2,1-3H3,(H,16,19)(H,17,20). The van der Waals surface area contributed by atoms with Gasteiger partial charge in [0.1, 0.15) is 6.42 Å². The molecule has 5 nitrogen and oxygen atoms in total. The van der Waals surface area contributed by atoms with Crippen LogP contribution in [0.15, 0.2) is 24.3 Å². The van der Waals surface area contributed by atoms with Gasteiger partial charge in [-0.2, -0.15) is 0 Å². The number of hydrogen-bond acceptors (Lipinski definition) is 3. The smallest absolute Gasteiger partial charge is 0.233 e. The third-order valence-corrected chi connectivity index (χ3v) is 2.92. The predicted molar refractivity (Wildman–Crippen MR) is 77.6 cm³/mol. The lowest BCUT2D eigenvalue weighted by Gasteiger charge is -2.11. The monoisotopic (exact) mass is 276 g/mol. The summed E-state index contributed by atoms with van der Waals surface area (Å²) in [5.41, 5.74) is 1.15. The SMILES string of the molecule is CCC(C)NC(=O)CC(=O)Nc1ccc(C(C)=O)cc1. The van der Waals surface area contributed by atoms with Crippen LogP contribution in [0.1, 0.15) is 44.0 Å². The normalized spacial score (nSPS) is 11.6. The van der Waals surface area contributed by atoms with Crippen LogP contribution in [0, 0.1) is 0 Å². The van der Waals surface area contributed by atoms with Crippen LogP contribution >= 0.6 is 0 Å². The minimum Gasteiger partial charge on any atom is -0.353 e. The molecule has 0 saturated heterocycles. The van der Waals surface area contributed by atoms with E-state index >= 15 is 0 Å². The summed E-state index contributed by atoms with van der Waals surface area (Å²) < 4.78 is 0. The van der Waals surface area contributed by atoms with Crippen LogP contribution in [0.5, 0.6) is 0 Å². The minimum atomic E-state index is -0.374. The molecular formula is C15H20N2O3. The van der Waals surface area contributed by atoms with Gasteiger partial charge in [0.05, 0.1) is 0 Å². The minimum absolute atomic E-state index is 0.0317. The van der Waals surface area contributed by atoms with Gasteiger partial charge in [0.25, 0.3) is 0 Å². The van der Waals surface area contributed by atoms with Gasteiger partial charge in [-0.05, 0) is 44.5 Å². The molecule has 0 aliphatic rings. The first kappa shape index (κ1) is 15.9. The van der Waals surface area contributed by atoms with Crippen LogP contribution in [-0.2, 0) is 9.59 Å². The molecule has 0 aromatic heterocycles. The molecule has 0 saturated carbocycles. The molecular weight excluding hydrogens is 256 g/mol. The summed E-state index contributed by atoms with van der Waals surface area (Å²) in [6.07, 6.45) is 0.610. The summed E-state index contributed by atoms with van der Waals surface area (Å²) in [4.78, 5) is 34.3. The Morgan fingerprint density at radius 2 is 1.70 bits per heavy atom. The molecule has 5 heteroatoms. The molecule has 20 heavy (non-hydrogen) atoms. The zero-order valence-electron chi connectivity index (χ0n) is 12.0. The van der Waals surface area contributed by atoms with Crippen molar-refractivity contribution in [2.45, 2.75) is 39.7 Å². The third-order valence-electron chi connectivity index (χ3n) is 2.92. The Morgan fingerprint density at radius 1 is 1.10 bits per heavy atom. The zero-order chi connectivity index (χ0) is 15.1. The van der Waals surface area contributed by atoms with Gasteiger partial charge in [-0.1, -0.05) is 6.92 Å². The highest BCUT2D eigenvalue weighted by Gasteiger charge is 2.11. The van der Waals surface area contributed by atoms with E-state index in [4.69, 9.17) is 0 Å². The largest absolute Gasteiger partial charge is 0.353 e. The van der Waals surface area contributed by atoms with Crippen molar-refractivity contribution in [2.24, 2.45) is 0 Å². The van der Waals surface area contributed by atoms with Gasteiger partial charge >= 0.3 is 0 Å². The van der Waals surface area contributed by atoms with Crippen LogP contribution < -0.4 is 10.6 Å². The fourth-order valence-electron chi connectivity index (χ4n) is 1.57. The van der Waals surface area contributed by atoms with Crippen molar-refractivity contribution >= 4 is 23.3 Å². The first-order valence-corrected chi connectivity index (χ1v) is 6.62. The highest BCUT2D eigenvalue weighted by Crippen LogP contribution is 2.10. The molecule has 0 fully saturated rings. The number of nitrogens with one attached hydrogen (secondary N) is 2. The van der Waals surface area contributed by atoms with Gasteiger partial charge in [0, 0.05) is 17.3 Å². The van der Waals surface area contributed by atoms with E-state index < -0.39 is 0 Å². The van der Waals surface area contributed by atoms with E-state index in [1.54, 1.807) is 24.3 Å². The van der Waals surface area contributed by atoms with Crippen LogP contribution in [0.2, 0.25) is 0 Å². The summed E-state index contributed by atoms with van der Waals surface area (Å²) in [6, 6.07) is 6.61. The maximum atomic E-state index is 11.7. The van der Waals surface area contributed by atoms with Crippen molar-refractivity contribution < 1.29 is 14.4 Å². The lowest BCUT2D eigenvalue weighted by atomic mass is 10.1. The van der Waals surface area contributed by atoms with E-state index in [1.807, 2.05) is 13.8 Å². The van der Waals surface area contributed by atoms with Crippen molar-refractivity contribution in [3.05, 3.63) is 29.8 Å². The number of anilines is 1. The highest BCUT2D eigenvalue weighted by molar-refractivity contribution is 6.03. The Morgan fingerprint density at radius 3 is 2.20 bits per heavy atom. The number of hydrogen-bond donors (Lipinski definition) is 2. The Kier molecular flexibility index (Phi) is 5.90. The second-order valence-corrected chi connectivity index (χ2v) is 4.74. The fourth-order valence-corrected chi connectivity index (χ4v) is 1.57. The van der Waals surface area contributed by atoms with Crippen molar-refractivity contribution in [1.29, 1.82) is 0 Å². The Hall–Kier alpha value is -2.17. The molecule has 1 aromatic rings. The first-order valence-electron chi connectivity index (χ1n) is 6.62. The molecule has 1 aromatic carbocycles. The lowest BCUT2D eigenvalue weighted by molar-refractivity contribution is -0.127. The van der Waals surface area contributed by atoms with Gasteiger partial charge in [-0.25, -0.2) is 0 Å². The summed E-state index contributed by atoms with van der Waals surface area (Å²) in [5.74, 6) is -0.700. The van der Waals surface area contributed by atoms with Gasteiger partial charge in [-0.3, -0.25) is 14.4 Å². The summed E-state index contributed by atoms with van der Waals surface area (Å²) in [6.45, 7) is 5.32. The quantitative estimate of drug-likeness (QED) is 0.617. The number of carbonyl (C=O) groups is 3. The maximum absolute atomic E-state index is 11.7. The van der Waals surface area contributed by atoms with E-state index in [9.17, 15) is 14.4 Å². The number of ketones is 1. The van der Waals surface area contributed by atoms with E-state index in [2.05, 4.69) is 10.6 Å². The molecule has 0 bridgehead atoms. The molecule has 1 rings (SSSR count). The Balaban J connectivity index is 2.50. The number of benzene rings is 1. The van der Waals surface area contributed by atoms with Crippen molar-refractivity contribution in [3.63, 3.8) is 0 Å². The van der Waals surface area contributed by atoms with Gasteiger partial charge in [0.2, 0.25) is 11.8 Å². The summed E-state index contributed by atoms with van der Waals surface area (Å²) >= 11 is 0. The molecule has 0 spiro atoms. The second kappa shape index (κ2) is 7.43. The average Bonchev–Trinajstić information content (AvgIpc) is 2.38. The Bertz CT molecular complexity index is 494. The van der Waals surface area contributed by atoms with Crippen LogP contribution in [0.4, 0.5) is 5.69 Å². The average molecular weight is 276 g/mol.